The van der Waals surface area contributed by atoms with Crippen LogP contribution in [0.4, 0.5) is 0 Å². The number of carbonyl (C=O) groups is 2. The van der Waals surface area contributed by atoms with Crippen molar-refractivity contribution in [2.75, 3.05) is 26.7 Å². The Labute approximate surface area is 151 Å². The van der Waals surface area contributed by atoms with Crippen molar-refractivity contribution in [2.24, 2.45) is 0 Å². The van der Waals surface area contributed by atoms with Crippen LogP contribution < -0.4 is 10.6 Å². The van der Waals surface area contributed by atoms with Gasteiger partial charge in [-0.1, -0.05) is 37.3 Å². The van der Waals surface area contributed by atoms with Crippen LogP contribution in [0.5, 0.6) is 0 Å². The maximum Gasteiger partial charge on any atom is 0.230 e. The van der Waals surface area contributed by atoms with Crippen molar-refractivity contribution >= 4 is 11.8 Å². The van der Waals surface area contributed by atoms with Crippen LogP contribution in [-0.2, 0) is 9.59 Å². The second-order valence-electron chi connectivity index (χ2n) is 6.75. The predicted octanol–water partition coefficient (Wildman–Crippen LogP) is 2.29. The van der Waals surface area contributed by atoms with Crippen LogP contribution in [0.3, 0.4) is 0 Å². The first-order valence-corrected chi connectivity index (χ1v) is 9.43. The minimum Gasteiger partial charge on any atom is -0.353 e. The first kappa shape index (κ1) is 19.4. The van der Waals surface area contributed by atoms with Crippen LogP contribution in [0.25, 0.3) is 0 Å². The fourth-order valence-corrected chi connectivity index (χ4v) is 3.43. The van der Waals surface area contributed by atoms with Gasteiger partial charge in [-0.2, -0.15) is 0 Å². The van der Waals surface area contributed by atoms with Crippen LogP contribution in [0, 0.1) is 0 Å². The molecule has 1 aliphatic rings. The van der Waals surface area contributed by atoms with E-state index in [0.29, 0.717) is 6.42 Å². The van der Waals surface area contributed by atoms with E-state index in [4.69, 9.17) is 0 Å². The highest BCUT2D eigenvalue weighted by molar-refractivity contribution is 5.84. The second kappa shape index (κ2) is 10.2. The molecule has 0 bridgehead atoms. The summed E-state index contributed by atoms with van der Waals surface area (Å²) in [5, 5.41) is 6.16. The molecule has 1 aromatic rings. The molecule has 5 nitrogen and oxygen atoms in total. The van der Waals surface area contributed by atoms with Gasteiger partial charge in [0.25, 0.3) is 0 Å². The Hall–Kier alpha value is -1.88. The molecular formula is C20H31N3O2. The molecule has 0 aromatic heterocycles. The molecule has 1 heterocycles. The summed E-state index contributed by atoms with van der Waals surface area (Å²) in [6.45, 7) is 4.37. The number of rotatable bonds is 8. The van der Waals surface area contributed by atoms with E-state index in [1.54, 1.807) is 0 Å². The number of hydrogen-bond donors (Lipinski definition) is 2. The third-order valence-electron chi connectivity index (χ3n) is 4.91. The molecule has 0 radical (unpaired) electrons. The van der Waals surface area contributed by atoms with E-state index < -0.39 is 0 Å². The zero-order chi connectivity index (χ0) is 18.1. The molecule has 1 saturated heterocycles. The van der Waals surface area contributed by atoms with E-state index in [2.05, 4.69) is 17.6 Å². The van der Waals surface area contributed by atoms with Crippen LogP contribution in [-0.4, -0.2) is 49.4 Å². The molecule has 138 valence electrons. The minimum absolute atomic E-state index is 0.0612. The van der Waals surface area contributed by atoms with Crippen molar-refractivity contribution in [1.82, 2.24) is 15.5 Å². The number of nitrogens with one attached hydrogen (secondary N) is 2. The van der Waals surface area contributed by atoms with Gasteiger partial charge in [-0.3, -0.25) is 9.59 Å². The Balaban J connectivity index is 1.80. The van der Waals surface area contributed by atoms with Gasteiger partial charge < -0.3 is 15.5 Å². The van der Waals surface area contributed by atoms with E-state index in [1.807, 2.05) is 42.3 Å². The van der Waals surface area contributed by atoms with Crippen molar-refractivity contribution in [3.8, 4) is 0 Å². The Kier molecular flexibility index (Phi) is 7.92. The zero-order valence-electron chi connectivity index (χ0n) is 15.5. The summed E-state index contributed by atoms with van der Waals surface area (Å²) >= 11 is 0. The Morgan fingerprint density at radius 1 is 1.20 bits per heavy atom. The maximum atomic E-state index is 12.9. The SMILES string of the molecule is CCC(C(=O)N1CCC(NC(=O)CCCNC)CC1)c1ccccc1. The molecule has 2 amide bonds. The highest BCUT2D eigenvalue weighted by atomic mass is 16.2. The number of piperidine rings is 1. The number of benzene rings is 1. The lowest BCUT2D eigenvalue weighted by atomic mass is 9.93. The molecule has 0 saturated carbocycles. The Morgan fingerprint density at radius 3 is 2.48 bits per heavy atom. The van der Waals surface area contributed by atoms with Gasteiger partial charge in [-0.15, -0.1) is 0 Å². The van der Waals surface area contributed by atoms with Crippen molar-refractivity contribution in [3.63, 3.8) is 0 Å². The van der Waals surface area contributed by atoms with Crippen LogP contribution >= 0.6 is 0 Å². The maximum absolute atomic E-state index is 12.9. The van der Waals surface area contributed by atoms with Crippen molar-refractivity contribution in [3.05, 3.63) is 35.9 Å². The fraction of sp³-hybridized carbons (Fsp3) is 0.600. The predicted molar refractivity (Wildman–Crippen MR) is 100 cm³/mol. The molecule has 25 heavy (non-hydrogen) atoms. The summed E-state index contributed by atoms with van der Waals surface area (Å²) in [6.07, 6.45) is 3.91. The molecule has 1 atom stereocenters. The average Bonchev–Trinajstić information content (AvgIpc) is 2.64. The third-order valence-corrected chi connectivity index (χ3v) is 4.91. The molecule has 1 unspecified atom stereocenters. The third kappa shape index (κ3) is 5.85. The van der Waals surface area contributed by atoms with Gasteiger partial charge >= 0.3 is 0 Å². The van der Waals surface area contributed by atoms with Crippen LogP contribution in [0.15, 0.2) is 30.3 Å². The van der Waals surface area contributed by atoms with Crippen LogP contribution in [0.1, 0.15) is 50.5 Å². The standard InChI is InChI=1S/C20H31N3O2/c1-3-18(16-8-5-4-6-9-16)20(25)23-14-11-17(12-15-23)22-19(24)10-7-13-21-2/h4-6,8-9,17-18,21H,3,7,10-15H2,1-2H3,(H,22,24). The number of likely N-dealkylation sites (tertiary alicyclic amines) is 1. The largest absolute Gasteiger partial charge is 0.353 e. The number of nitrogens with zero attached hydrogens (tertiary/aromatic N) is 1. The molecule has 2 rings (SSSR count). The van der Waals surface area contributed by atoms with Crippen molar-refractivity contribution in [2.45, 2.75) is 51.0 Å². The van der Waals surface area contributed by atoms with E-state index in [9.17, 15) is 9.59 Å². The second-order valence-corrected chi connectivity index (χ2v) is 6.75. The normalized spacial score (nSPS) is 16.5. The summed E-state index contributed by atoms with van der Waals surface area (Å²) in [5.41, 5.74) is 1.09. The first-order valence-electron chi connectivity index (χ1n) is 9.43. The summed E-state index contributed by atoms with van der Waals surface area (Å²) < 4.78 is 0. The molecule has 1 fully saturated rings. The lowest BCUT2D eigenvalue weighted by molar-refractivity contribution is -0.134. The molecule has 0 aliphatic carbocycles. The summed E-state index contributed by atoms with van der Waals surface area (Å²) in [6, 6.07) is 10.2. The lowest BCUT2D eigenvalue weighted by Gasteiger charge is -2.34. The molecule has 2 N–H and O–H groups in total. The summed E-state index contributed by atoms with van der Waals surface area (Å²) in [7, 11) is 1.89. The van der Waals surface area contributed by atoms with Gasteiger partial charge in [0.05, 0.1) is 5.92 Å². The van der Waals surface area contributed by atoms with E-state index in [0.717, 1.165) is 50.9 Å². The zero-order valence-corrected chi connectivity index (χ0v) is 15.5. The fourth-order valence-electron chi connectivity index (χ4n) is 3.43. The monoisotopic (exact) mass is 345 g/mol. The number of amides is 2. The topological polar surface area (TPSA) is 61.4 Å². The number of carbonyl (C=O) groups excluding carboxylic acids is 2. The molecule has 5 heteroatoms. The van der Waals surface area contributed by atoms with Crippen molar-refractivity contribution < 1.29 is 9.59 Å². The van der Waals surface area contributed by atoms with Gasteiger partial charge in [0.2, 0.25) is 11.8 Å². The quantitative estimate of drug-likeness (QED) is 0.711. The highest BCUT2D eigenvalue weighted by Gasteiger charge is 2.28. The van der Waals surface area contributed by atoms with Crippen LogP contribution in [0.2, 0.25) is 0 Å². The van der Waals surface area contributed by atoms with E-state index in [1.165, 1.54) is 0 Å². The van der Waals surface area contributed by atoms with E-state index >= 15 is 0 Å². The smallest absolute Gasteiger partial charge is 0.230 e. The molecular weight excluding hydrogens is 314 g/mol. The van der Waals surface area contributed by atoms with Gasteiger partial charge in [0, 0.05) is 25.6 Å². The van der Waals surface area contributed by atoms with Gasteiger partial charge in [-0.25, -0.2) is 0 Å². The lowest BCUT2D eigenvalue weighted by Crippen LogP contribution is -2.47. The molecule has 1 aromatic carbocycles. The molecule has 0 spiro atoms. The minimum atomic E-state index is -0.0612. The summed E-state index contributed by atoms with van der Waals surface area (Å²) in [4.78, 5) is 26.7. The van der Waals surface area contributed by atoms with Gasteiger partial charge in [-0.05, 0) is 44.8 Å². The molecule has 1 aliphatic heterocycles. The highest BCUT2D eigenvalue weighted by Crippen LogP contribution is 2.24. The van der Waals surface area contributed by atoms with Crippen molar-refractivity contribution in [1.29, 1.82) is 0 Å². The Bertz CT molecular complexity index is 539. The van der Waals surface area contributed by atoms with E-state index in [-0.39, 0.29) is 23.8 Å². The summed E-state index contributed by atoms with van der Waals surface area (Å²) in [5.74, 6) is 0.275. The Morgan fingerprint density at radius 2 is 1.88 bits per heavy atom. The number of hydrogen-bond acceptors (Lipinski definition) is 3. The van der Waals surface area contributed by atoms with Gasteiger partial charge in [0.15, 0.2) is 0 Å². The first-order chi connectivity index (χ1) is 12.2. The average molecular weight is 345 g/mol. The van der Waals surface area contributed by atoms with Gasteiger partial charge in [0.1, 0.15) is 0 Å².